The van der Waals surface area contributed by atoms with Gasteiger partial charge in [0, 0.05) is 30.6 Å². The zero-order valence-electron chi connectivity index (χ0n) is 21.2. The molecule has 5 rings (SSSR count). The van der Waals surface area contributed by atoms with Gasteiger partial charge in [-0.2, -0.15) is 18.2 Å². The molecule has 1 aliphatic carbocycles. The number of anilines is 2. The van der Waals surface area contributed by atoms with Gasteiger partial charge in [-0.1, -0.05) is 32.4 Å². The molecule has 2 aliphatic heterocycles. The van der Waals surface area contributed by atoms with Gasteiger partial charge in [0.2, 0.25) is 11.8 Å². The molecule has 0 N–H and O–H groups in total. The first kappa shape index (κ1) is 26.3. The van der Waals surface area contributed by atoms with Gasteiger partial charge in [-0.15, -0.1) is 0 Å². The number of carbonyl (C=O) groups is 1. The van der Waals surface area contributed by atoms with E-state index in [1.54, 1.807) is 31.7 Å². The summed E-state index contributed by atoms with van der Waals surface area (Å²) in [6, 6.07) is 4.44. The van der Waals surface area contributed by atoms with E-state index < -0.39 is 34.3 Å². The Kier molecular flexibility index (Phi) is 6.28. The number of hydrogen-bond acceptors (Lipinski definition) is 5. The Balaban J connectivity index is 1.31. The highest BCUT2D eigenvalue weighted by molar-refractivity contribution is 6.30. The summed E-state index contributed by atoms with van der Waals surface area (Å²) in [6.07, 6.45) is -1.27. The molecule has 0 bridgehead atoms. The monoisotopic (exact) mass is 542 g/mol. The van der Waals surface area contributed by atoms with Crippen LogP contribution in [0.1, 0.15) is 71.6 Å². The molecule has 3 heterocycles. The van der Waals surface area contributed by atoms with E-state index in [4.69, 9.17) is 16.1 Å². The number of amides is 1. The standard InChI is InChI=1S/C26H31ClF4N4O2/c1-16(2)25(26(29,30)31)14-23(3,15-25)21-32-22(33-37-21)34-11-9-24(10-12-34)8-4-5-20(36)35(24)17-6-7-18(27)19(28)13-17/h6-7,13,16H,4-5,8-12,14-15H2,1-3H3. The number of nitrogens with zero attached hydrogens (tertiary/aromatic N) is 4. The van der Waals surface area contributed by atoms with Crippen molar-refractivity contribution in [1.82, 2.24) is 10.1 Å². The first-order chi connectivity index (χ1) is 17.3. The molecule has 2 aromatic rings. The Morgan fingerprint density at radius 3 is 2.41 bits per heavy atom. The Morgan fingerprint density at radius 1 is 1.14 bits per heavy atom. The summed E-state index contributed by atoms with van der Waals surface area (Å²) in [6.45, 7) is 6.03. The van der Waals surface area contributed by atoms with E-state index in [0.29, 0.717) is 44.0 Å². The van der Waals surface area contributed by atoms with Crippen LogP contribution in [-0.4, -0.2) is 40.9 Å². The second-order valence-corrected chi connectivity index (χ2v) is 11.9. The minimum absolute atomic E-state index is 0.00557. The van der Waals surface area contributed by atoms with Gasteiger partial charge in [0.25, 0.3) is 5.95 Å². The van der Waals surface area contributed by atoms with Crippen LogP contribution < -0.4 is 9.80 Å². The fraction of sp³-hybridized carbons (Fsp3) is 0.654. The summed E-state index contributed by atoms with van der Waals surface area (Å²) in [5, 5.41) is 4.11. The molecule has 202 valence electrons. The molecule has 37 heavy (non-hydrogen) atoms. The number of aromatic nitrogens is 2. The van der Waals surface area contributed by atoms with Crippen molar-refractivity contribution >= 4 is 29.1 Å². The predicted molar refractivity (Wildman–Crippen MR) is 131 cm³/mol. The fourth-order valence-electron chi connectivity index (χ4n) is 6.71. The molecule has 1 spiro atoms. The maximum absolute atomic E-state index is 14.2. The van der Waals surface area contributed by atoms with Gasteiger partial charge in [-0.3, -0.25) is 4.79 Å². The second kappa shape index (κ2) is 8.85. The van der Waals surface area contributed by atoms with Gasteiger partial charge in [0.1, 0.15) is 5.82 Å². The van der Waals surface area contributed by atoms with Crippen LogP contribution >= 0.6 is 11.6 Å². The molecule has 3 fully saturated rings. The van der Waals surface area contributed by atoms with Gasteiger partial charge >= 0.3 is 6.18 Å². The summed E-state index contributed by atoms with van der Waals surface area (Å²) in [4.78, 5) is 21.2. The quantitative estimate of drug-likeness (QED) is 0.404. The molecule has 11 heteroatoms. The SMILES string of the molecule is CC(C)C1(C(F)(F)F)CC(C)(c2nc(N3CCC4(CCCC(=O)N4c4ccc(Cl)c(F)c4)CC3)no2)C1. The minimum atomic E-state index is -4.29. The molecule has 2 saturated heterocycles. The van der Waals surface area contributed by atoms with E-state index in [1.165, 1.54) is 12.1 Å². The van der Waals surface area contributed by atoms with Crippen molar-refractivity contribution in [2.75, 3.05) is 22.9 Å². The highest BCUT2D eigenvalue weighted by Crippen LogP contribution is 2.65. The average Bonchev–Trinajstić information content (AvgIpc) is 3.29. The largest absolute Gasteiger partial charge is 0.394 e. The minimum Gasteiger partial charge on any atom is -0.338 e. The lowest BCUT2D eigenvalue weighted by atomic mass is 9.49. The van der Waals surface area contributed by atoms with Crippen LogP contribution in [0.25, 0.3) is 0 Å². The lowest BCUT2D eigenvalue weighted by Crippen LogP contribution is -2.60. The lowest BCUT2D eigenvalue weighted by molar-refractivity contribution is -0.286. The number of hydrogen-bond donors (Lipinski definition) is 0. The first-order valence-electron chi connectivity index (χ1n) is 12.7. The summed E-state index contributed by atoms with van der Waals surface area (Å²) >= 11 is 5.86. The molecular formula is C26H31ClF4N4O2. The van der Waals surface area contributed by atoms with Crippen LogP contribution in [0.4, 0.5) is 29.2 Å². The smallest absolute Gasteiger partial charge is 0.338 e. The topological polar surface area (TPSA) is 62.5 Å². The molecule has 1 aromatic carbocycles. The number of alkyl halides is 3. The van der Waals surface area contributed by atoms with Crippen molar-refractivity contribution in [2.45, 2.75) is 82.8 Å². The summed E-state index contributed by atoms with van der Waals surface area (Å²) < 4.78 is 61.2. The summed E-state index contributed by atoms with van der Waals surface area (Å²) in [5.41, 5.74) is -2.53. The Labute approximate surface area is 218 Å². The van der Waals surface area contributed by atoms with Crippen molar-refractivity contribution < 1.29 is 26.9 Å². The Morgan fingerprint density at radius 2 is 1.81 bits per heavy atom. The Hall–Kier alpha value is -2.36. The molecule has 1 amide bonds. The molecule has 3 aliphatic rings. The van der Waals surface area contributed by atoms with Crippen LogP contribution in [0.5, 0.6) is 0 Å². The zero-order chi connectivity index (χ0) is 26.8. The molecular weight excluding hydrogens is 512 g/mol. The van der Waals surface area contributed by atoms with Crippen molar-refractivity contribution in [3.63, 3.8) is 0 Å². The molecule has 1 aromatic heterocycles. The third kappa shape index (κ3) is 4.19. The van der Waals surface area contributed by atoms with E-state index in [9.17, 15) is 22.4 Å². The normalized spacial score (nSPS) is 28.2. The summed E-state index contributed by atoms with van der Waals surface area (Å²) in [7, 11) is 0. The number of benzene rings is 1. The van der Waals surface area contributed by atoms with E-state index in [1.807, 2.05) is 4.90 Å². The van der Waals surface area contributed by atoms with Crippen LogP contribution in [0.3, 0.4) is 0 Å². The van der Waals surface area contributed by atoms with Gasteiger partial charge in [0.05, 0.1) is 16.0 Å². The maximum atomic E-state index is 14.2. The number of rotatable bonds is 4. The second-order valence-electron chi connectivity index (χ2n) is 11.5. The van der Waals surface area contributed by atoms with E-state index in [0.717, 1.165) is 12.8 Å². The van der Waals surface area contributed by atoms with Gasteiger partial charge in [0.15, 0.2) is 0 Å². The van der Waals surface area contributed by atoms with Crippen LogP contribution in [-0.2, 0) is 10.2 Å². The predicted octanol–water partition coefficient (Wildman–Crippen LogP) is 6.67. The number of carbonyl (C=O) groups excluding carboxylic acids is 1. The molecule has 6 nitrogen and oxygen atoms in total. The average molecular weight is 543 g/mol. The lowest BCUT2D eigenvalue weighted by Gasteiger charge is -2.55. The number of halogens is 5. The van der Waals surface area contributed by atoms with Gasteiger partial charge < -0.3 is 14.3 Å². The van der Waals surface area contributed by atoms with Crippen molar-refractivity contribution in [2.24, 2.45) is 11.3 Å². The number of piperidine rings is 2. The maximum Gasteiger partial charge on any atom is 0.394 e. The van der Waals surface area contributed by atoms with Gasteiger partial charge in [-0.05, 0) is 67.8 Å². The highest BCUT2D eigenvalue weighted by Gasteiger charge is 2.69. The van der Waals surface area contributed by atoms with E-state index in [-0.39, 0.29) is 29.7 Å². The van der Waals surface area contributed by atoms with Crippen molar-refractivity contribution in [3.8, 4) is 0 Å². The van der Waals surface area contributed by atoms with Crippen LogP contribution in [0.15, 0.2) is 22.7 Å². The zero-order valence-corrected chi connectivity index (χ0v) is 21.9. The first-order valence-corrected chi connectivity index (χ1v) is 13.1. The van der Waals surface area contributed by atoms with E-state index >= 15 is 0 Å². The molecule has 0 unspecified atom stereocenters. The Bertz CT molecular complexity index is 1180. The molecule has 1 saturated carbocycles. The van der Waals surface area contributed by atoms with Crippen LogP contribution in [0, 0.1) is 17.2 Å². The third-order valence-electron chi connectivity index (χ3n) is 8.91. The van der Waals surface area contributed by atoms with Crippen molar-refractivity contribution in [1.29, 1.82) is 0 Å². The molecule has 0 atom stereocenters. The highest BCUT2D eigenvalue weighted by atomic mass is 35.5. The van der Waals surface area contributed by atoms with Crippen molar-refractivity contribution in [3.05, 3.63) is 34.9 Å². The third-order valence-corrected chi connectivity index (χ3v) is 9.21. The molecule has 0 radical (unpaired) electrons. The fourth-order valence-corrected chi connectivity index (χ4v) is 6.83. The van der Waals surface area contributed by atoms with E-state index in [2.05, 4.69) is 10.1 Å². The van der Waals surface area contributed by atoms with Gasteiger partial charge in [-0.25, -0.2) is 4.39 Å². The summed E-state index contributed by atoms with van der Waals surface area (Å²) in [5.74, 6) is -0.572. The van der Waals surface area contributed by atoms with Crippen LogP contribution in [0.2, 0.25) is 5.02 Å².